The average Bonchev–Trinajstić information content (AvgIpc) is 2.53. The van der Waals surface area contributed by atoms with Crippen LogP contribution in [0.25, 0.3) is 0 Å². The summed E-state index contributed by atoms with van der Waals surface area (Å²) >= 11 is 1.47. The summed E-state index contributed by atoms with van der Waals surface area (Å²) in [6.45, 7) is 1.75. The van der Waals surface area contributed by atoms with Gasteiger partial charge >= 0.3 is 5.97 Å². The number of nitriles is 1. The minimum absolute atomic E-state index is 0.110. The lowest BCUT2D eigenvalue weighted by molar-refractivity contribution is -0.141. The molecule has 0 aliphatic rings. The van der Waals surface area contributed by atoms with Crippen LogP contribution in [0, 0.1) is 18.3 Å². The van der Waals surface area contributed by atoms with E-state index < -0.39 is 17.9 Å². The van der Waals surface area contributed by atoms with Crippen LogP contribution in [0.1, 0.15) is 12.0 Å². The molecule has 0 aliphatic heterocycles. The number of hydrogen-bond donors (Lipinski definition) is 4. The number of nitrogens with one attached hydrogen (secondary N) is 2. The van der Waals surface area contributed by atoms with E-state index in [2.05, 4.69) is 10.6 Å². The molecular weight excluding hydrogens is 330 g/mol. The molecule has 0 heterocycles. The first-order valence-electron chi connectivity index (χ1n) is 7.08. The van der Waals surface area contributed by atoms with Gasteiger partial charge in [-0.25, -0.2) is 4.79 Å². The highest BCUT2D eigenvalue weighted by Crippen LogP contribution is 2.20. The fraction of sp³-hybridized carbons (Fsp3) is 0.312. The Bertz CT molecular complexity index is 682. The Hall–Kier alpha value is -2.66. The Balaban J connectivity index is 2.81. The molecule has 0 saturated heterocycles. The number of anilines is 1. The standard InChI is InChI=1S/C16H19N3O4S/c1-10-7-12(20)3-4-13(10)18-9-11(8-17)15(21)19-14(16(22)23)5-6-24-2/h3-4,7,9,14,18,20H,5-6H2,1-2H3,(H,19,21)(H,22,23)/b11-9-. The number of phenols is 1. The number of carbonyl (C=O) groups excluding carboxylic acids is 1. The summed E-state index contributed by atoms with van der Waals surface area (Å²) in [6.07, 6.45) is 3.32. The summed E-state index contributed by atoms with van der Waals surface area (Å²) in [5.41, 5.74) is 1.11. The van der Waals surface area contributed by atoms with Gasteiger partial charge in [-0.2, -0.15) is 17.0 Å². The lowest BCUT2D eigenvalue weighted by atomic mass is 10.2. The van der Waals surface area contributed by atoms with E-state index in [1.54, 1.807) is 19.1 Å². The second-order valence-electron chi connectivity index (χ2n) is 4.96. The summed E-state index contributed by atoms with van der Waals surface area (Å²) in [5, 5.41) is 32.7. The van der Waals surface area contributed by atoms with Gasteiger partial charge in [0.15, 0.2) is 0 Å². The Kier molecular flexibility index (Phi) is 7.65. The van der Waals surface area contributed by atoms with Crippen molar-refractivity contribution in [1.29, 1.82) is 5.26 Å². The number of carbonyl (C=O) groups is 2. The highest BCUT2D eigenvalue weighted by molar-refractivity contribution is 7.98. The Labute approximate surface area is 144 Å². The monoisotopic (exact) mass is 349 g/mol. The van der Waals surface area contributed by atoms with Crippen LogP contribution in [0.3, 0.4) is 0 Å². The zero-order chi connectivity index (χ0) is 18.1. The van der Waals surface area contributed by atoms with Gasteiger partial charge in [0.05, 0.1) is 0 Å². The fourth-order valence-electron chi connectivity index (χ4n) is 1.84. The molecule has 1 aromatic carbocycles. The summed E-state index contributed by atoms with van der Waals surface area (Å²) < 4.78 is 0. The molecule has 1 amide bonds. The number of carboxylic acid groups (broad SMARTS) is 1. The van der Waals surface area contributed by atoms with Crippen LogP contribution < -0.4 is 10.6 Å². The minimum Gasteiger partial charge on any atom is -0.508 e. The number of amides is 1. The number of aromatic hydroxyl groups is 1. The van der Waals surface area contributed by atoms with E-state index in [1.165, 1.54) is 30.1 Å². The van der Waals surface area contributed by atoms with Gasteiger partial charge in [-0.05, 0) is 49.1 Å². The quantitative estimate of drug-likeness (QED) is 0.321. The first-order chi connectivity index (χ1) is 11.4. The molecule has 0 bridgehead atoms. The lowest BCUT2D eigenvalue weighted by Crippen LogP contribution is -2.41. The third-order valence-electron chi connectivity index (χ3n) is 3.16. The Morgan fingerprint density at radius 2 is 2.17 bits per heavy atom. The minimum atomic E-state index is -1.14. The third kappa shape index (κ3) is 5.85. The molecule has 4 N–H and O–H groups in total. The van der Waals surface area contributed by atoms with E-state index in [0.717, 1.165) is 5.56 Å². The van der Waals surface area contributed by atoms with Crippen LogP contribution >= 0.6 is 11.8 Å². The van der Waals surface area contributed by atoms with Crippen LogP contribution in [0.2, 0.25) is 0 Å². The van der Waals surface area contributed by atoms with Crippen LogP contribution in [0.5, 0.6) is 5.75 Å². The number of nitrogens with zero attached hydrogens (tertiary/aromatic N) is 1. The van der Waals surface area contributed by atoms with Crippen LogP contribution in [-0.4, -0.2) is 40.1 Å². The molecule has 0 saturated carbocycles. The van der Waals surface area contributed by atoms with Crippen molar-refractivity contribution in [2.24, 2.45) is 0 Å². The maximum atomic E-state index is 12.1. The number of aryl methyl sites for hydroxylation is 1. The zero-order valence-electron chi connectivity index (χ0n) is 13.4. The van der Waals surface area contributed by atoms with Crippen molar-refractivity contribution < 1.29 is 19.8 Å². The van der Waals surface area contributed by atoms with Crippen LogP contribution in [0.4, 0.5) is 5.69 Å². The topological polar surface area (TPSA) is 122 Å². The van der Waals surface area contributed by atoms with Crippen molar-refractivity contribution in [3.8, 4) is 11.8 Å². The molecule has 0 spiro atoms. The van der Waals surface area contributed by atoms with Gasteiger partial charge in [0.1, 0.15) is 23.4 Å². The summed E-state index contributed by atoms with van der Waals surface area (Å²) in [6, 6.07) is 5.31. The summed E-state index contributed by atoms with van der Waals surface area (Å²) in [4.78, 5) is 23.2. The van der Waals surface area contributed by atoms with Gasteiger partial charge in [0, 0.05) is 11.9 Å². The molecule has 1 atom stereocenters. The molecule has 128 valence electrons. The second kappa shape index (κ2) is 9.47. The van der Waals surface area contributed by atoms with Crippen LogP contribution in [-0.2, 0) is 9.59 Å². The first kappa shape index (κ1) is 19.4. The fourth-order valence-corrected chi connectivity index (χ4v) is 2.31. The average molecular weight is 349 g/mol. The van der Waals surface area contributed by atoms with Gasteiger partial charge in [-0.3, -0.25) is 4.79 Å². The van der Waals surface area contributed by atoms with Crippen molar-refractivity contribution in [1.82, 2.24) is 5.32 Å². The number of carboxylic acids is 1. The van der Waals surface area contributed by atoms with Gasteiger partial charge in [0.25, 0.3) is 5.91 Å². The maximum Gasteiger partial charge on any atom is 0.326 e. The summed E-state index contributed by atoms with van der Waals surface area (Å²) in [7, 11) is 0. The molecule has 0 aromatic heterocycles. The number of phenolic OH excluding ortho intramolecular Hbond substituents is 1. The molecule has 0 aliphatic carbocycles. The van der Waals surface area contributed by atoms with Crippen LogP contribution in [0.15, 0.2) is 30.0 Å². The molecular formula is C16H19N3O4S. The van der Waals surface area contributed by atoms with Gasteiger partial charge in [-0.1, -0.05) is 0 Å². The van der Waals surface area contributed by atoms with Crippen molar-refractivity contribution in [2.45, 2.75) is 19.4 Å². The Morgan fingerprint density at radius 3 is 2.71 bits per heavy atom. The number of thioether (sulfide) groups is 1. The Morgan fingerprint density at radius 1 is 1.46 bits per heavy atom. The SMILES string of the molecule is CSCCC(NC(=O)/C(C#N)=C\Nc1ccc(O)cc1C)C(=O)O. The van der Waals surface area contributed by atoms with Crippen molar-refractivity contribution in [2.75, 3.05) is 17.3 Å². The van der Waals surface area contributed by atoms with Gasteiger partial charge in [-0.15, -0.1) is 0 Å². The third-order valence-corrected chi connectivity index (χ3v) is 3.81. The molecule has 7 nitrogen and oxygen atoms in total. The van der Waals surface area contributed by atoms with E-state index in [9.17, 15) is 14.7 Å². The van der Waals surface area contributed by atoms with E-state index in [0.29, 0.717) is 11.4 Å². The molecule has 24 heavy (non-hydrogen) atoms. The smallest absolute Gasteiger partial charge is 0.326 e. The number of benzene rings is 1. The molecule has 1 rings (SSSR count). The normalized spacial score (nSPS) is 12.1. The molecule has 1 unspecified atom stereocenters. The van der Waals surface area contributed by atoms with Gasteiger partial charge < -0.3 is 20.8 Å². The summed E-state index contributed by atoms with van der Waals surface area (Å²) in [5.74, 6) is -1.21. The van der Waals surface area contributed by atoms with Crippen molar-refractivity contribution in [3.63, 3.8) is 0 Å². The highest BCUT2D eigenvalue weighted by atomic mass is 32.2. The van der Waals surface area contributed by atoms with Gasteiger partial charge in [0.2, 0.25) is 0 Å². The van der Waals surface area contributed by atoms with E-state index >= 15 is 0 Å². The molecule has 8 heteroatoms. The lowest BCUT2D eigenvalue weighted by Gasteiger charge is -2.13. The number of rotatable bonds is 8. The van der Waals surface area contributed by atoms with Crippen molar-refractivity contribution in [3.05, 3.63) is 35.5 Å². The highest BCUT2D eigenvalue weighted by Gasteiger charge is 2.21. The molecule has 1 aromatic rings. The molecule has 0 fully saturated rings. The number of hydrogen-bond acceptors (Lipinski definition) is 6. The molecule has 0 radical (unpaired) electrons. The van der Waals surface area contributed by atoms with Crippen molar-refractivity contribution >= 4 is 29.3 Å². The number of aliphatic carboxylic acids is 1. The van der Waals surface area contributed by atoms with E-state index in [-0.39, 0.29) is 17.7 Å². The predicted molar refractivity (Wildman–Crippen MR) is 92.7 cm³/mol. The largest absolute Gasteiger partial charge is 0.508 e. The first-order valence-corrected chi connectivity index (χ1v) is 8.47. The maximum absolute atomic E-state index is 12.1. The predicted octanol–water partition coefficient (Wildman–Crippen LogP) is 1.84. The second-order valence-corrected chi connectivity index (χ2v) is 5.94. The van der Waals surface area contributed by atoms with E-state index in [1.807, 2.05) is 6.26 Å². The zero-order valence-corrected chi connectivity index (χ0v) is 14.2. The van der Waals surface area contributed by atoms with E-state index in [4.69, 9.17) is 10.4 Å².